The van der Waals surface area contributed by atoms with E-state index in [1.807, 2.05) is 0 Å². The van der Waals surface area contributed by atoms with Gasteiger partial charge in [0, 0.05) is 30.4 Å². The molecule has 0 bridgehead atoms. The van der Waals surface area contributed by atoms with Crippen molar-refractivity contribution in [3.63, 3.8) is 0 Å². The molecule has 3 unspecified atom stereocenters. The van der Waals surface area contributed by atoms with Gasteiger partial charge in [-0.3, -0.25) is 4.79 Å². The number of halogens is 3. The summed E-state index contributed by atoms with van der Waals surface area (Å²) in [6.45, 7) is 4.71. The molecule has 4 rings (SSSR count). The third kappa shape index (κ3) is 6.34. The fraction of sp³-hybridized carbons (Fsp3) is 0.536. The first kappa shape index (κ1) is 28.4. The molecule has 208 valence electrons. The molecule has 4 atom stereocenters. The van der Waals surface area contributed by atoms with Crippen molar-refractivity contribution in [3.8, 4) is 0 Å². The zero-order chi connectivity index (χ0) is 27.7. The van der Waals surface area contributed by atoms with E-state index in [1.165, 1.54) is 12.1 Å². The average Bonchev–Trinajstić information content (AvgIpc) is 3.23. The van der Waals surface area contributed by atoms with Crippen molar-refractivity contribution in [2.45, 2.75) is 74.8 Å². The predicted octanol–water partition coefficient (Wildman–Crippen LogP) is 5.07. The highest BCUT2D eigenvalue weighted by atomic mass is 32.2. The number of sulfone groups is 1. The Morgan fingerprint density at radius 3 is 2.29 bits per heavy atom. The van der Waals surface area contributed by atoms with E-state index in [0.717, 1.165) is 18.6 Å². The van der Waals surface area contributed by atoms with E-state index in [1.54, 1.807) is 35.2 Å². The normalized spacial score (nSPS) is 24.8. The predicted molar refractivity (Wildman–Crippen MR) is 141 cm³/mol. The molecule has 2 fully saturated rings. The van der Waals surface area contributed by atoms with Crippen molar-refractivity contribution in [2.75, 3.05) is 24.7 Å². The molecule has 1 N–H and O–H groups in total. The SMILES string of the molecule is CC(C)N(C)C1CCC(N2CCC(Nc3ccc(C(F)(F)F)cc3)C2=O)[C@H](CS(=O)(=O)c2ccccc2)C1. The van der Waals surface area contributed by atoms with Gasteiger partial charge in [0.15, 0.2) is 9.84 Å². The number of nitrogens with zero attached hydrogens (tertiary/aromatic N) is 2. The molecule has 2 aromatic rings. The van der Waals surface area contributed by atoms with Crippen LogP contribution in [0.4, 0.5) is 18.9 Å². The molecule has 1 heterocycles. The molecular formula is C28H36F3N3O3S. The minimum atomic E-state index is -4.42. The van der Waals surface area contributed by atoms with Gasteiger partial charge in [0.25, 0.3) is 0 Å². The first-order valence-electron chi connectivity index (χ1n) is 13.1. The fourth-order valence-electron chi connectivity index (χ4n) is 5.73. The van der Waals surface area contributed by atoms with Crippen LogP contribution >= 0.6 is 0 Å². The highest BCUT2D eigenvalue weighted by Gasteiger charge is 2.44. The molecule has 1 amide bonds. The summed E-state index contributed by atoms with van der Waals surface area (Å²) >= 11 is 0. The number of nitrogens with one attached hydrogen (secondary N) is 1. The van der Waals surface area contributed by atoms with E-state index in [0.29, 0.717) is 37.5 Å². The quantitative estimate of drug-likeness (QED) is 0.496. The van der Waals surface area contributed by atoms with E-state index in [9.17, 15) is 26.4 Å². The number of hydrogen-bond donors (Lipinski definition) is 1. The lowest BCUT2D eigenvalue weighted by molar-refractivity contribution is -0.137. The summed E-state index contributed by atoms with van der Waals surface area (Å²) in [6, 6.07) is 12.8. The van der Waals surface area contributed by atoms with Gasteiger partial charge in [0.1, 0.15) is 6.04 Å². The molecule has 10 heteroatoms. The number of carbonyl (C=O) groups excluding carboxylic acids is 1. The molecule has 1 saturated heterocycles. The molecule has 6 nitrogen and oxygen atoms in total. The Labute approximate surface area is 223 Å². The Morgan fingerprint density at radius 1 is 1.03 bits per heavy atom. The van der Waals surface area contributed by atoms with E-state index >= 15 is 0 Å². The summed E-state index contributed by atoms with van der Waals surface area (Å²) < 4.78 is 65.4. The molecule has 0 radical (unpaired) electrons. The van der Waals surface area contributed by atoms with E-state index in [2.05, 4.69) is 31.1 Å². The van der Waals surface area contributed by atoms with Gasteiger partial charge in [0.05, 0.1) is 16.2 Å². The van der Waals surface area contributed by atoms with Crippen molar-refractivity contribution in [2.24, 2.45) is 5.92 Å². The van der Waals surface area contributed by atoms with E-state index in [-0.39, 0.29) is 34.6 Å². The van der Waals surface area contributed by atoms with Gasteiger partial charge < -0.3 is 15.1 Å². The number of rotatable bonds is 8. The summed E-state index contributed by atoms with van der Waals surface area (Å²) in [5, 5.41) is 3.08. The maximum Gasteiger partial charge on any atom is 0.416 e. The number of alkyl halides is 3. The Hall–Kier alpha value is -2.59. The van der Waals surface area contributed by atoms with E-state index < -0.39 is 27.6 Å². The van der Waals surface area contributed by atoms with Gasteiger partial charge in [-0.25, -0.2) is 8.42 Å². The number of hydrogen-bond acceptors (Lipinski definition) is 5. The van der Waals surface area contributed by atoms with Gasteiger partial charge in [-0.1, -0.05) is 18.2 Å². The van der Waals surface area contributed by atoms with Gasteiger partial charge in [-0.05, 0) is 88.9 Å². The molecule has 1 aliphatic carbocycles. The zero-order valence-electron chi connectivity index (χ0n) is 22.0. The molecule has 38 heavy (non-hydrogen) atoms. The average molecular weight is 552 g/mol. The topological polar surface area (TPSA) is 69.7 Å². The van der Waals surface area contributed by atoms with Gasteiger partial charge in [0.2, 0.25) is 5.91 Å². The highest BCUT2D eigenvalue weighted by Crippen LogP contribution is 2.36. The summed E-state index contributed by atoms with van der Waals surface area (Å²) in [5.41, 5.74) is -0.295. The zero-order valence-corrected chi connectivity index (χ0v) is 22.8. The second-order valence-corrected chi connectivity index (χ2v) is 12.8. The summed E-state index contributed by atoms with van der Waals surface area (Å²) in [6.07, 6.45) is -1.68. The maximum absolute atomic E-state index is 13.5. The van der Waals surface area contributed by atoms with Crippen LogP contribution < -0.4 is 5.32 Å². The maximum atomic E-state index is 13.5. The lowest BCUT2D eigenvalue weighted by atomic mass is 9.81. The number of likely N-dealkylation sites (tertiary alicyclic amines) is 1. The second-order valence-electron chi connectivity index (χ2n) is 10.7. The standard InChI is InChI=1S/C28H36F3N3O3S/c1-19(2)33(3)23-13-14-26(20(17-23)18-38(36,37)24-7-5-4-6-8-24)34-16-15-25(27(34)35)32-22-11-9-21(10-12-22)28(29,30)31/h4-12,19-20,23,25-26,32H,13-18H2,1-3H3/t20-,23?,25?,26?/m0/s1. The molecule has 1 saturated carbocycles. The molecule has 2 aromatic carbocycles. The number of anilines is 1. The van der Waals surface area contributed by atoms with Crippen LogP contribution in [-0.2, 0) is 20.8 Å². The number of carbonyl (C=O) groups is 1. The van der Waals surface area contributed by atoms with Crippen molar-refractivity contribution in [1.29, 1.82) is 0 Å². The van der Waals surface area contributed by atoms with Crippen LogP contribution in [0.2, 0.25) is 0 Å². The van der Waals surface area contributed by atoms with Crippen LogP contribution in [0.3, 0.4) is 0 Å². The molecule has 1 aliphatic heterocycles. The largest absolute Gasteiger partial charge is 0.416 e. The van der Waals surface area contributed by atoms with Gasteiger partial charge in [-0.15, -0.1) is 0 Å². The van der Waals surface area contributed by atoms with Crippen molar-refractivity contribution in [1.82, 2.24) is 9.80 Å². The highest BCUT2D eigenvalue weighted by molar-refractivity contribution is 7.91. The van der Waals surface area contributed by atoms with Crippen LogP contribution in [-0.4, -0.2) is 67.6 Å². The fourth-order valence-corrected chi connectivity index (χ4v) is 7.42. The van der Waals surface area contributed by atoms with Crippen molar-refractivity contribution >= 4 is 21.4 Å². The first-order valence-corrected chi connectivity index (χ1v) is 14.8. The first-order chi connectivity index (χ1) is 17.9. The number of benzene rings is 2. The van der Waals surface area contributed by atoms with Gasteiger partial charge in [-0.2, -0.15) is 13.2 Å². The van der Waals surface area contributed by atoms with Crippen LogP contribution in [0.1, 0.15) is 45.1 Å². The Balaban J connectivity index is 1.51. The molecular weight excluding hydrogens is 515 g/mol. The Bertz CT molecular complexity index is 1200. The smallest absolute Gasteiger partial charge is 0.374 e. The molecule has 0 aromatic heterocycles. The Kier molecular flexibility index (Phi) is 8.42. The second kappa shape index (κ2) is 11.3. The van der Waals surface area contributed by atoms with E-state index in [4.69, 9.17) is 0 Å². The third-order valence-electron chi connectivity index (χ3n) is 8.03. The summed E-state index contributed by atoms with van der Waals surface area (Å²) in [7, 11) is -1.49. The lowest BCUT2D eigenvalue weighted by Gasteiger charge is -2.44. The van der Waals surface area contributed by atoms with Crippen LogP contribution in [0.15, 0.2) is 59.5 Å². The van der Waals surface area contributed by atoms with Crippen LogP contribution in [0, 0.1) is 5.92 Å². The van der Waals surface area contributed by atoms with Crippen LogP contribution in [0.5, 0.6) is 0 Å². The molecule has 0 spiro atoms. The molecule has 2 aliphatic rings. The Morgan fingerprint density at radius 2 is 1.68 bits per heavy atom. The summed E-state index contributed by atoms with van der Waals surface area (Å²) in [5.74, 6) is -0.396. The van der Waals surface area contributed by atoms with Crippen molar-refractivity contribution in [3.05, 3.63) is 60.2 Å². The van der Waals surface area contributed by atoms with Crippen LogP contribution in [0.25, 0.3) is 0 Å². The third-order valence-corrected chi connectivity index (χ3v) is 9.89. The minimum Gasteiger partial charge on any atom is -0.374 e. The van der Waals surface area contributed by atoms with Gasteiger partial charge >= 0.3 is 6.18 Å². The lowest BCUT2D eigenvalue weighted by Crippen LogP contribution is -2.52. The number of amides is 1. The van der Waals surface area contributed by atoms with Crippen molar-refractivity contribution < 1.29 is 26.4 Å². The summed E-state index contributed by atoms with van der Waals surface area (Å²) in [4.78, 5) is 17.8. The minimum absolute atomic E-state index is 0.0368. The monoisotopic (exact) mass is 551 g/mol.